The van der Waals surface area contributed by atoms with Crippen molar-refractivity contribution in [2.75, 3.05) is 20.2 Å². The maximum absolute atomic E-state index is 11.8. The van der Waals surface area contributed by atoms with Crippen molar-refractivity contribution in [3.63, 3.8) is 0 Å². The minimum atomic E-state index is -0.639. The van der Waals surface area contributed by atoms with Crippen LogP contribution < -0.4 is 11.1 Å². The molecule has 0 aromatic heterocycles. The number of amides is 3. The van der Waals surface area contributed by atoms with Gasteiger partial charge in [0.2, 0.25) is 0 Å². The number of piperidine rings is 1. The van der Waals surface area contributed by atoms with Crippen molar-refractivity contribution in [3.8, 4) is 0 Å². The second-order valence-corrected chi connectivity index (χ2v) is 6.04. The Morgan fingerprint density at radius 2 is 1.86 bits per heavy atom. The van der Waals surface area contributed by atoms with Crippen LogP contribution in [0.3, 0.4) is 0 Å². The fraction of sp³-hybridized carbons (Fsp3) is 0.769. The van der Waals surface area contributed by atoms with Gasteiger partial charge in [0.25, 0.3) is 0 Å². The molecule has 1 heterocycles. The van der Waals surface area contributed by atoms with E-state index in [2.05, 4.69) is 10.1 Å². The molecule has 8 nitrogen and oxygen atoms in total. The highest BCUT2D eigenvalue weighted by Crippen LogP contribution is 2.19. The van der Waals surface area contributed by atoms with Crippen molar-refractivity contribution in [2.24, 2.45) is 11.7 Å². The lowest BCUT2D eigenvalue weighted by Gasteiger charge is -2.36. The van der Waals surface area contributed by atoms with Gasteiger partial charge in [0.15, 0.2) is 0 Å². The van der Waals surface area contributed by atoms with Crippen LogP contribution in [0.4, 0.5) is 9.59 Å². The molecule has 0 aromatic rings. The van der Waals surface area contributed by atoms with Gasteiger partial charge in [0.1, 0.15) is 5.60 Å². The Hall–Kier alpha value is -1.99. The molecule has 1 rings (SSSR count). The number of carbonyl (C=O) groups excluding carboxylic acids is 3. The number of alkyl carbamates (subject to hydrolysis) is 1. The summed E-state index contributed by atoms with van der Waals surface area (Å²) in [6.07, 6.45) is -0.224. The normalized spacial score (nSPS) is 22.4. The number of hydrogen-bond acceptors (Lipinski definition) is 5. The molecule has 3 amide bonds. The number of carbonyl (C=O) groups is 3. The van der Waals surface area contributed by atoms with Gasteiger partial charge in [-0.3, -0.25) is 4.79 Å². The van der Waals surface area contributed by atoms with Crippen LogP contribution in [0, 0.1) is 5.92 Å². The number of ether oxygens (including phenoxy) is 2. The van der Waals surface area contributed by atoms with Crippen molar-refractivity contribution >= 4 is 18.1 Å². The molecule has 3 N–H and O–H groups in total. The Bertz CT molecular complexity index is 419. The van der Waals surface area contributed by atoms with E-state index in [0.717, 1.165) is 0 Å². The minimum Gasteiger partial charge on any atom is -0.469 e. The van der Waals surface area contributed by atoms with Crippen LogP contribution in [-0.4, -0.2) is 54.8 Å². The zero-order chi connectivity index (χ0) is 16.2. The minimum absolute atomic E-state index is 0.189. The van der Waals surface area contributed by atoms with Crippen molar-refractivity contribution in [2.45, 2.75) is 38.8 Å². The molecule has 0 bridgehead atoms. The molecular weight excluding hydrogens is 278 g/mol. The smallest absolute Gasteiger partial charge is 0.407 e. The van der Waals surface area contributed by atoms with Gasteiger partial charge in [-0.15, -0.1) is 0 Å². The van der Waals surface area contributed by atoms with Crippen LogP contribution in [0.25, 0.3) is 0 Å². The summed E-state index contributed by atoms with van der Waals surface area (Å²) in [6, 6.07) is -1.05. The average molecular weight is 301 g/mol. The number of esters is 1. The Balaban J connectivity index is 2.69. The summed E-state index contributed by atoms with van der Waals surface area (Å²) < 4.78 is 9.85. The van der Waals surface area contributed by atoms with Crippen molar-refractivity contribution in [3.05, 3.63) is 0 Å². The third-order valence-corrected chi connectivity index (χ3v) is 3.02. The summed E-state index contributed by atoms with van der Waals surface area (Å²) in [5.74, 6) is -0.951. The van der Waals surface area contributed by atoms with Gasteiger partial charge in [-0.05, 0) is 27.2 Å². The number of rotatable bonds is 2. The van der Waals surface area contributed by atoms with Crippen molar-refractivity contribution in [1.82, 2.24) is 10.2 Å². The highest BCUT2D eigenvalue weighted by Gasteiger charge is 2.35. The molecule has 120 valence electrons. The molecule has 2 atom stereocenters. The van der Waals surface area contributed by atoms with Crippen LogP contribution in [0.5, 0.6) is 0 Å². The zero-order valence-electron chi connectivity index (χ0n) is 12.8. The predicted molar refractivity (Wildman–Crippen MR) is 74.4 cm³/mol. The number of methoxy groups -OCH3 is 1. The van der Waals surface area contributed by atoms with Gasteiger partial charge >= 0.3 is 18.1 Å². The number of primary amides is 1. The van der Waals surface area contributed by atoms with E-state index in [1.165, 1.54) is 12.0 Å². The average Bonchev–Trinajstić information content (AvgIpc) is 2.34. The molecule has 21 heavy (non-hydrogen) atoms. The molecule has 1 saturated heterocycles. The summed E-state index contributed by atoms with van der Waals surface area (Å²) in [4.78, 5) is 36.1. The van der Waals surface area contributed by atoms with E-state index in [-0.39, 0.29) is 13.1 Å². The highest BCUT2D eigenvalue weighted by atomic mass is 16.6. The predicted octanol–water partition coefficient (Wildman–Crippen LogP) is 0.453. The van der Waals surface area contributed by atoms with E-state index >= 15 is 0 Å². The van der Waals surface area contributed by atoms with Crippen molar-refractivity contribution < 1.29 is 23.9 Å². The third-order valence-electron chi connectivity index (χ3n) is 3.02. The Kier molecular flexibility index (Phi) is 5.40. The number of likely N-dealkylation sites (tertiary alicyclic amines) is 1. The largest absolute Gasteiger partial charge is 0.469 e. The van der Waals surface area contributed by atoms with E-state index in [1.54, 1.807) is 20.8 Å². The van der Waals surface area contributed by atoms with E-state index in [9.17, 15) is 14.4 Å². The lowest BCUT2D eigenvalue weighted by atomic mass is 9.94. The molecule has 0 aromatic carbocycles. The van der Waals surface area contributed by atoms with Gasteiger partial charge in [-0.2, -0.15) is 0 Å². The first-order valence-corrected chi connectivity index (χ1v) is 6.74. The second kappa shape index (κ2) is 6.64. The van der Waals surface area contributed by atoms with Gasteiger partial charge in [-0.1, -0.05) is 0 Å². The molecule has 0 aliphatic carbocycles. The first kappa shape index (κ1) is 17.1. The van der Waals surface area contributed by atoms with Crippen molar-refractivity contribution in [1.29, 1.82) is 0 Å². The van der Waals surface area contributed by atoms with Gasteiger partial charge in [0.05, 0.1) is 19.1 Å². The van der Waals surface area contributed by atoms with Crippen LogP contribution in [-0.2, 0) is 14.3 Å². The lowest BCUT2D eigenvalue weighted by Crippen LogP contribution is -2.55. The zero-order valence-corrected chi connectivity index (χ0v) is 12.8. The molecular formula is C13H23N3O5. The molecule has 8 heteroatoms. The molecule has 1 aliphatic rings. The number of nitrogens with zero attached hydrogens (tertiary/aromatic N) is 1. The molecule has 1 aliphatic heterocycles. The third kappa shape index (κ3) is 5.49. The molecule has 0 radical (unpaired) electrons. The molecule has 2 unspecified atom stereocenters. The van der Waals surface area contributed by atoms with Crippen LogP contribution in [0.2, 0.25) is 0 Å². The highest BCUT2D eigenvalue weighted by molar-refractivity contribution is 5.77. The van der Waals surface area contributed by atoms with Gasteiger partial charge in [0, 0.05) is 13.1 Å². The Labute approximate surface area is 123 Å². The quantitative estimate of drug-likeness (QED) is 0.719. The molecule has 1 fully saturated rings. The monoisotopic (exact) mass is 301 g/mol. The standard InChI is InChI=1S/C13H23N3O5/c1-13(2,3)21-12(19)15-9-5-8(10(17)20-4)6-16(7-9)11(14)18/h8-9H,5-7H2,1-4H3,(H2,14,18)(H,15,19). The van der Waals surface area contributed by atoms with E-state index in [0.29, 0.717) is 6.42 Å². The summed E-state index contributed by atoms with van der Waals surface area (Å²) in [5.41, 5.74) is 4.64. The maximum Gasteiger partial charge on any atom is 0.407 e. The summed E-state index contributed by atoms with van der Waals surface area (Å²) in [7, 11) is 1.28. The number of nitrogens with two attached hydrogens (primary N) is 1. The first-order chi connectivity index (χ1) is 9.62. The molecule has 0 spiro atoms. The van der Waals surface area contributed by atoms with Crippen LogP contribution >= 0.6 is 0 Å². The topological polar surface area (TPSA) is 111 Å². The number of urea groups is 1. The van der Waals surface area contributed by atoms with Gasteiger partial charge < -0.3 is 25.4 Å². The summed E-state index contributed by atoms with van der Waals surface area (Å²) in [5, 5.41) is 2.65. The van der Waals surface area contributed by atoms with E-state index in [4.69, 9.17) is 10.5 Å². The Morgan fingerprint density at radius 3 is 2.33 bits per heavy atom. The molecule has 0 saturated carbocycles. The van der Waals surface area contributed by atoms with Crippen LogP contribution in [0.1, 0.15) is 27.2 Å². The first-order valence-electron chi connectivity index (χ1n) is 6.74. The van der Waals surface area contributed by atoms with Crippen LogP contribution in [0.15, 0.2) is 0 Å². The summed E-state index contributed by atoms with van der Waals surface area (Å²) in [6.45, 7) is 5.68. The SMILES string of the molecule is COC(=O)C1CC(NC(=O)OC(C)(C)C)CN(C(N)=O)C1. The van der Waals surface area contributed by atoms with E-state index < -0.39 is 35.7 Å². The Morgan fingerprint density at radius 1 is 1.24 bits per heavy atom. The fourth-order valence-electron chi connectivity index (χ4n) is 2.20. The lowest BCUT2D eigenvalue weighted by molar-refractivity contribution is -0.147. The van der Waals surface area contributed by atoms with E-state index in [1.807, 2.05) is 0 Å². The summed E-state index contributed by atoms with van der Waals surface area (Å²) >= 11 is 0. The van der Waals surface area contributed by atoms with Gasteiger partial charge in [-0.25, -0.2) is 9.59 Å². The maximum atomic E-state index is 11.8. The fourth-order valence-corrected chi connectivity index (χ4v) is 2.20. The number of hydrogen-bond donors (Lipinski definition) is 2. The number of nitrogens with one attached hydrogen (secondary N) is 1. The second-order valence-electron chi connectivity index (χ2n) is 6.04.